The molecular weight excluding hydrogens is 450 g/mol. The molecule has 3 nitrogen and oxygen atoms in total. The maximum Gasteiger partial charge on any atom is 0.232 e. The highest BCUT2D eigenvalue weighted by Crippen LogP contribution is 2.32. The molecule has 2 atom stereocenters. The lowest BCUT2D eigenvalue weighted by molar-refractivity contribution is 0.0902. The van der Waals surface area contributed by atoms with Gasteiger partial charge >= 0.3 is 0 Å². The number of benzene rings is 4. The molecule has 5 rings (SSSR count). The van der Waals surface area contributed by atoms with Crippen LogP contribution in [0, 0.1) is 13.8 Å². The third-order valence-electron chi connectivity index (χ3n) is 6.44. The van der Waals surface area contributed by atoms with Crippen molar-refractivity contribution in [3.63, 3.8) is 0 Å². The van der Waals surface area contributed by atoms with Crippen LogP contribution in [-0.2, 0) is 10.8 Å². The summed E-state index contributed by atoms with van der Waals surface area (Å²) in [6.45, 7) is 4.07. The summed E-state index contributed by atoms with van der Waals surface area (Å²) in [4.78, 5) is 15.2. The molecular formula is C31H27NO2S. The van der Waals surface area contributed by atoms with Crippen LogP contribution < -0.4 is 0 Å². The molecule has 0 amide bonds. The normalized spacial score (nSPS) is 13.0. The molecule has 1 unspecified atom stereocenters. The minimum Gasteiger partial charge on any atom is -0.286 e. The van der Waals surface area contributed by atoms with Gasteiger partial charge in [-0.05, 0) is 43.2 Å². The number of hydrogen-bond donors (Lipinski definition) is 0. The minimum atomic E-state index is -1.39. The number of carbonyl (C=O) groups excluding carboxylic acids is 1. The van der Waals surface area contributed by atoms with Crippen LogP contribution in [0.1, 0.15) is 39.4 Å². The van der Waals surface area contributed by atoms with Gasteiger partial charge in [-0.1, -0.05) is 96.1 Å². The number of para-hydroxylation sites is 1. The fourth-order valence-corrected chi connectivity index (χ4v) is 5.69. The summed E-state index contributed by atoms with van der Waals surface area (Å²) >= 11 is 0. The van der Waals surface area contributed by atoms with Crippen molar-refractivity contribution in [1.29, 1.82) is 0 Å². The van der Waals surface area contributed by atoms with Crippen LogP contribution in [0.15, 0.2) is 119 Å². The maximum atomic E-state index is 13.8. The Morgan fingerprint density at radius 2 is 1.31 bits per heavy atom. The van der Waals surface area contributed by atoms with Crippen LogP contribution in [0.2, 0.25) is 0 Å². The van der Waals surface area contributed by atoms with Crippen LogP contribution in [-0.4, -0.2) is 14.7 Å². The average Bonchev–Trinajstić information content (AvgIpc) is 3.28. The van der Waals surface area contributed by atoms with Gasteiger partial charge in [-0.15, -0.1) is 0 Å². The van der Waals surface area contributed by atoms with E-state index in [-0.39, 0.29) is 11.8 Å². The molecule has 174 valence electrons. The molecule has 0 saturated carbocycles. The van der Waals surface area contributed by atoms with Gasteiger partial charge in [-0.2, -0.15) is 0 Å². The number of fused-ring (bicyclic) bond motifs is 1. The quantitative estimate of drug-likeness (QED) is 0.258. The number of nitrogens with zero attached hydrogens (tertiary/aromatic N) is 1. The summed E-state index contributed by atoms with van der Waals surface area (Å²) in [6, 6.07) is 33.9. The molecule has 4 aromatic carbocycles. The van der Waals surface area contributed by atoms with E-state index < -0.39 is 10.8 Å². The molecule has 5 aromatic rings. The van der Waals surface area contributed by atoms with E-state index in [9.17, 15) is 9.00 Å². The van der Waals surface area contributed by atoms with Crippen LogP contribution >= 0.6 is 0 Å². The highest BCUT2D eigenvalue weighted by Gasteiger charge is 2.23. The zero-order chi connectivity index (χ0) is 24.4. The first-order valence-corrected chi connectivity index (χ1v) is 12.9. The van der Waals surface area contributed by atoms with Crippen LogP contribution in [0.25, 0.3) is 10.9 Å². The van der Waals surface area contributed by atoms with Gasteiger partial charge in [-0.3, -0.25) is 9.36 Å². The Kier molecular flexibility index (Phi) is 6.47. The zero-order valence-corrected chi connectivity index (χ0v) is 20.7. The van der Waals surface area contributed by atoms with Gasteiger partial charge in [0.25, 0.3) is 0 Å². The van der Waals surface area contributed by atoms with E-state index in [0.29, 0.717) is 11.3 Å². The Morgan fingerprint density at radius 3 is 2.00 bits per heavy atom. The van der Waals surface area contributed by atoms with Crippen molar-refractivity contribution in [1.82, 2.24) is 4.57 Å². The molecule has 0 fully saturated rings. The highest BCUT2D eigenvalue weighted by atomic mass is 32.2. The fraction of sp³-hybridized carbons (Fsp3) is 0.129. The minimum absolute atomic E-state index is 0.0252. The van der Waals surface area contributed by atoms with Gasteiger partial charge in [-0.25, -0.2) is 4.21 Å². The summed E-state index contributed by atoms with van der Waals surface area (Å²) in [5, 5.41) is 0.839. The van der Waals surface area contributed by atoms with E-state index in [1.807, 2.05) is 73.7 Å². The standard InChI is InChI=1S/C31H27NO2S/c1-22-12-16-25(17-13-22)28(24-8-4-3-5-9-24)20-31(33)32-21-30(27-10-6-7-11-29(27)32)35(34)26-18-14-23(2)15-19-26/h3-19,21,28H,20H2,1-2H3/t28-,35?/m0/s1. The van der Waals surface area contributed by atoms with Gasteiger partial charge in [0.05, 0.1) is 21.2 Å². The van der Waals surface area contributed by atoms with E-state index in [2.05, 4.69) is 43.3 Å². The van der Waals surface area contributed by atoms with Crippen molar-refractivity contribution < 1.29 is 9.00 Å². The molecule has 0 aliphatic heterocycles. The van der Waals surface area contributed by atoms with Crippen LogP contribution in [0.5, 0.6) is 0 Å². The predicted molar refractivity (Wildman–Crippen MR) is 142 cm³/mol. The molecule has 0 spiro atoms. The van der Waals surface area contributed by atoms with Gasteiger partial charge in [0.15, 0.2) is 0 Å². The Bertz CT molecular complexity index is 1500. The number of rotatable bonds is 6. The second-order valence-corrected chi connectivity index (χ2v) is 10.4. The van der Waals surface area contributed by atoms with Crippen LogP contribution in [0.4, 0.5) is 0 Å². The zero-order valence-electron chi connectivity index (χ0n) is 19.8. The second kappa shape index (κ2) is 9.85. The average molecular weight is 478 g/mol. The van der Waals surface area contributed by atoms with Crippen molar-refractivity contribution in [3.8, 4) is 0 Å². The first-order valence-electron chi connectivity index (χ1n) is 11.7. The topological polar surface area (TPSA) is 39.1 Å². The molecule has 1 aromatic heterocycles. The van der Waals surface area contributed by atoms with E-state index >= 15 is 0 Å². The summed E-state index contributed by atoms with van der Waals surface area (Å²) in [5.41, 5.74) is 5.29. The summed E-state index contributed by atoms with van der Waals surface area (Å²) in [5.74, 6) is -0.0979. The first kappa shape index (κ1) is 23.0. The summed E-state index contributed by atoms with van der Waals surface area (Å²) < 4.78 is 15.2. The van der Waals surface area contributed by atoms with Gasteiger partial charge < -0.3 is 0 Å². The van der Waals surface area contributed by atoms with Crippen molar-refractivity contribution in [2.24, 2.45) is 0 Å². The summed E-state index contributed by atoms with van der Waals surface area (Å²) in [7, 11) is -1.39. The fourth-order valence-electron chi connectivity index (χ4n) is 4.48. The lowest BCUT2D eigenvalue weighted by Crippen LogP contribution is -2.15. The van der Waals surface area contributed by atoms with Gasteiger partial charge in [0.2, 0.25) is 5.91 Å². The van der Waals surface area contributed by atoms with E-state index in [1.165, 1.54) is 5.56 Å². The van der Waals surface area contributed by atoms with Crippen molar-refractivity contribution >= 4 is 27.6 Å². The molecule has 0 saturated heterocycles. The van der Waals surface area contributed by atoms with E-state index in [1.54, 1.807) is 10.8 Å². The van der Waals surface area contributed by atoms with Crippen molar-refractivity contribution in [3.05, 3.63) is 132 Å². The lowest BCUT2D eigenvalue weighted by atomic mass is 9.88. The van der Waals surface area contributed by atoms with Gasteiger partial charge in [0, 0.05) is 28.8 Å². The number of aryl methyl sites for hydroxylation is 2. The molecule has 0 N–H and O–H groups in total. The molecule has 0 aliphatic rings. The largest absolute Gasteiger partial charge is 0.286 e. The lowest BCUT2D eigenvalue weighted by Gasteiger charge is -2.18. The molecule has 35 heavy (non-hydrogen) atoms. The third kappa shape index (κ3) is 4.75. The maximum absolute atomic E-state index is 13.8. The molecule has 0 aliphatic carbocycles. The molecule has 4 heteroatoms. The van der Waals surface area contributed by atoms with E-state index in [4.69, 9.17) is 0 Å². The van der Waals surface area contributed by atoms with Crippen LogP contribution in [0.3, 0.4) is 0 Å². The number of aromatic nitrogens is 1. The Hall–Kier alpha value is -3.76. The van der Waals surface area contributed by atoms with Crippen molar-refractivity contribution in [2.75, 3.05) is 0 Å². The third-order valence-corrected chi connectivity index (χ3v) is 7.86. The first-order chi connectivity index (χ1) is 17.0. The van der Waals surface area contributed by atoms with Gasteiger partial charge in [0.1, 0.15) is 0 Å². The monoisotopic (exact) mass is 477 g/mol. The summed E-state index contributed by atoms with van der Waals surface area (Å²) in [6.07, 6.45) is 2.07. The Balaban J connectivity index is 1.54. The van der Waals surface area contributed by atoms with Crippen molar-refractivity contribution in [2.45, 2.75) is 36.0 Å². The SMILES string of the molecule is Cc1ccc([C@@H](CC(=O)n2cc(S(=O)c3ccc(C)cc3)c3ccccc32)c2ccccc2)cc1. The highest BCUT2D eigenvalue weighted by molar-refractivity contribution is 7.85. The number of carbonyl (C=O) groups is 1. The van der Waals surface area contributed by atoms with E-state index in [0.717, 1.165) is 32.5 Å². The molecule has 0 bridgehead atoms. The molecule has 1 heterocycles. The number of hydrogen-bond acceptors (Lipinski definition) is 2. The predicted octanol–water partition coefficient (Wildman–Crippen LogP) is 7.29. The Labute approximate surface area is 208 Å². The Morgan fingerprint density at radius 1 is 0.743 bits per heavy atom. The molecule has 0 radical (unpaired) electrons. The second-order valence-electron chi connectivity index (χ2n) is 8.93. The smallest absolute Gasteiger partial charge is 0.232 e.